The summed E-state index contributed by atoms with van der Waals surface area (Å²) in [5.41, 5.74) is 3.93. The number of anilines is 1. The Morgan fingerprint density at radius 1 is 1.11 bits per heavy atom. The van der Waals surface area contributed by atoms with E-state index >= 15 is 0 Å². The predicted molar refractivity (Wildman–Crippen MR) is 72.4 cm³/mol. The highest BCUT2D eigenvalue weighted by molar-refractivity contribution is 6.33. The largest absolute Gasteiger partial charge is 0.508 e. The van der Waals surface area contributed by atoms with Crippen LogP contribution in [-0.4, -0.2) is 16.4 Å². The van der Waals surface area contributed by atoms with E-state index in [1.807, 2.05) is 12.1 Å². The molecule has 92 valence electrons. The van der Waals surface area contributed by atoms with Crippen LogP contribution in [0.1, 0.15) is 5.56 Å². The van der Waals surface area contributed by atoms with Crippen molar-refractivity contribution in [2.24, 2.45) is 5.10 Å². The topological polar surface area (TPSA) is 64.9 Å². The first-order valence-corrected chi connectivity index (χ1v) is 5.60. The first-order chi connectivity index (χ1) is 8.66. The van der Waals surface area contributed by atoms with Crippen LogP contribution >= 0.6 is 11.6 Å². The average molecular weight is 263 g/mol. The lowest BCUT2D eigenvalue weighted by atomic mass is 10.2. The lowest BCUT2D eigenvalue weighted by molar-refractivity contribution is 0.450. The summed E-state index contributed by atoms with van der Waals surface area (Å²) >= 11 is 5.94. The quantitative estimate of drug-likeness (QED) is 0.588. The fourth-order valence-corrected chi connectivity index (χ4v) is 1.54. The van der Waals surface area contributed by atoms with Crippen LogP contribution in [0.3, 0.4) is 0 Å². The van der Waals surface area contributed by atoms with E-state index in [-0.39, 0.29) is 11.5 Å². The Hall–Kier alpha value is -2.20. The normalized spacial score (nSPS) is 10.7. The molecule has 0 aromatic heterocycles. The molecule has 0 amide bonds. The average Bonchev–Trinajstić information content (AvgIpc) is 2.34. The van der Waals surface area contributed by atoms with Crippen LogP contribution in [0, 0.1) is 0 Å². The van der Waals surface area contributed by atoms with Crippen molar-refractivity contribution in [3.63, 3.8) is 0 Å². The van der Waals surface area contributed by atoms with Gasteiger partial charge in [0.05, 0.1) is 16.9 Å². The molecule has 0 saturated heterocycles. The molecule has 0 aliphatic carbocycles. The summed E-state index contributed by atoms with van der Waals surface area (Å²) in [5.74, 6) is -0.0385. The molecule has 2 aromatic rings. The molecule has 0 heterocycles. The van der Waals surface area contributed by atoms with E-state index in [0.29, 0.717) is 16.3 Å². The minimum atomic E-state index is -0.0419. The van der Waals surface area contributed by atoms with Gasteiger partial charge in [0.1, 0.15) is 11.5 Å². The molecule has 0 aliphatic heterocycles. The van der Waals surface area contributed by atoms with Crippen LogP contribution in [-0.2, 0) is 0 Å². The first kappa shape index (κ1) is 12.3. The summed E-state index contributed by atoms with van der Waals surface area (Å²) in [6.07, 6.45) is 1.44. The number of hydrogen-bond donors (Lipinski definition) is 3. The summed E-state index contributed by atoms with van der Waals surface area (Å²) in [5, 5.41) is 23.2. The van der Waals surface area contributed by atoms with E-state index in [9.17, 15) is 5.11 Å². The molecule has 0 saturated carbocycles. The Morgan fingerprint density at radius 2 is 1.89 bits per heavy atom. The molecule has 2 rings (SSSR count). The molecule has 3 N–H and O–H groups in total. The van der Waals surface area contributed by atoms with Gasteiger partial charge >= 0.3 is 0 Å². The number of halogens is 1. The van der Waals surface area contributed by atoms with Crippen molar-refractivity contribution in [1.29, 1.82) is 0 Å². The van der Waals surface area contributed by atoms with Gasteiger partial charge in [-0.2, -0.15) is 5.10 Å². The Morgan fingerprint density at radius 3 is 2.61 bits per heavy atom. The summed E-state index contributed by atoms with van der Waals surface area (Å²) in [6.45, 7) is 0. The van der Waals surface area contributed by atoms with Gasteiger partial charge in [-0.05, 0) is 24.3 Å². The second-order valence-electron chi connectivity index (χ2n) is 3.59. The van der Waals surface area contributed by atoms with Crippen molar-refractivity contribution in [3.05, 3.63) is 53.1 Å². The summed E-state index contributed by atoms with van der Waals surface area (Å²) in [6, 6.07) is 11.5. The molecule has 0 spiro atoms. The number of rotatable bonds is 3. The zero-order valence-electron chi connectivity index (χ0n) is 9.34. The molecule has 4 nitrogen and oxygen atoms in total. The Kier molecular flexibility index (Phi) is 3.69. The monoisotopic (exact) mass is 262 g/mol. The maximum Gasteiger partial charge on any atom is 0.128 e. The smallest absolute Gasteiger partial charge is 0.128 e. The lowest BCUT2D eigenvalue weighted by Crippen LogP contribution is -1.91. The fourth-order valence-electron chi connectivity index (χ4n) is 1.36. The van der Waals surface area contributed by atoms with E-state index in [0.717, 1.165) is 0 Å². The molecular formula is C13H11ClN2O2. The number of nitrogens with zero attached hydrogens (tertiary/aromatic N) is 1. The minimum Gasteiger partial charge on any atom is -0.508 e. The van der Waals surface area contributed by atoms with Gasteiger partial charge in [-0.25, -0.2) is 0 Å². The van der Waals surface area contributed by atoms with Gasteiger partial charge < -0.3 is 10.2 Å². The van der Waals surface area contributed by atoms with Gasteiger partial charge in [0.15, 0.2) is 0 Å². The van der Waals surface area contributed by atoms with Crippen LogP contribution in [0.4, 0.5) is 5.69 Å². The number of hydrazone groups is 1. The molecule has 0 fully saturated rings. The van der Waals surface area contributed by atoms with Gasteiger partial charge in [-0.3, -0.25) is 5.43 Å². The molecule has 0 radical (unpaired) electrons. The third-order valence-corrected chi connectivity index (χ3v) is 2.61. The summed E-state index contributed by atoms with van der Waals surface area (Å²) < 4.78 is 0. The van der Waals surface area contributed by atoms with Crippen molar-refractivity contribution < 1.29 is 10.2 Å². The lowest BCUT2D eigenvalue weighted by Gasteiger charge is -2.02. The van der Waals surface area contributed by atoms with E-state index in [2.05, 4.69) is 10.5 Å². The number of para-hydroxylation sites is 1. The molecule has 18 heavy (non-hydrogen) atoms. The van der Waals surface area contributed by atoms with Gasteiger partial charge in [-0.15, -0.1) is 0 Å². The second-order valence-corrected chi connectivity index (χ2v) is 4.00. The predicted octanol–water partition coefficient (Wildman–Crippen LogP) is 3.20. The molecule has 5 heteroatoms. The zero-order chi connectivity index (χ0) is 13.0. The highest BCUT2D eigenvalue weighted by Crippen LogP contribution is 2.22. The van der Waals surface area contributed by atoms with Crippen molar-refractivity contribution in [1.82, 2.24) is 0 Å². The third-order valence-electron chi connectivity index (χ3n) is 2.28. The summed E-state index contributed by atoms with van der Waals surface area (Å²) in [7, 11) is 0. The molecular weight excluding hydrogens is 252 g/mol. The van der Waals surface area contributed by atoms with Gasteiger partial charge in [0.25, 0.3) is 0 Å². The zero-order valence-corrected chi connectivity index (χ0v) is 10.1. The molecule has 0 unspecified atom stereocenters. The number of aromatic hydroxyl groups is 2. The van der Waals surface area contributed by atoms with Crippen LogP contribution < -0.4 is 5.43 Å². The molecule has 0 aliphatic rings. The number of phenolic OH excluding ortho intramolecular Hbond substituents is 2. The van der Waals surface area contributed by atoms with Crippen molar-refractivity contribution in [2.75, 3.05) is 5.43 Å². The standard InChI is InChI=1S/C13H11ClN2O2/c14-11-3-1-2-4-12(11)16-15-8-9-5-6-10(17)7-13(9)18/h1-8,16-18H. The van der Waals surface area contributed by atoms with E-state index in [1.54, 1.807) is 18.2 Å². The van der Waals surface area contributed by atoms with E-state index in [4.69, 9.17) is 16.7 Å². The molecule has 0 bridgehead atoms. The second kappa shape index (κ2) is 5.42. The Labute approximate surface area is 109 Å². The first-order valence-electron chi connectivity index (χ1n) is 5.22. The highest BCUT2D eigenvalue weighted by Gasteiger charge is 1.99. The van der Waals surface area contributed by atoms with Crippen molar-refractivity contribution >= 4 is 23.5 Å². The molecule has 2 aromatic carbocycles. The summed E-state index contributed by atoms with van der Waals surface area (Å²) in [4.78, 5) is 0. The van der Waals surface area contributed by atoms with Crippen LogP contribution in [0.15, 0.2) is 47.6 Å². The fraction of sp³-hybridized carbons (Fsp3) is 0. The van der Waals surface area contributed by atoms with Crippen LogP contribution in [0.2, 0.25) is 5.02 Å². The Balaban J connectivity index is 2.10. The maximum atomic E-state index is 9.54. The third kappa shape index (κ3) is 2.93. The van der Waals surface area contributed by atoms with Crippen molar-refractivity contribution in [3.8, 4) is 11.5 Å². The number of phenols is 2. The van der Waals surface area contributed by atoms with Gasteiger partial charge in [-0.1, -0.05) is 23.7 Å². The van der Waals surface area contributed by atoms with Gasteiger partial charge in [0.2, 0.25) is 0 Å². The molecule has 0 atom stereocenters. The van der Waals surface area contributed by atoms with Gasteiger partial charge in [0, 0.05) is 11.6 Å². The maximum absolute atomic E-state index is 9.54. The van der Waals surface area contributed by atoms with Crippen molar-refractivity contribution in [2.45, 2.75) is 0 Å². The van der Waals surface area contributed by atoms with E-state index < -0.39 is 0 Å². The van der Waals surface area contributed by atoms with Crippen LogP contribution in [0.25, 0.3) is 0 Å². The SMILES string of the molecule is Oc1ccc(C=NNc2ccccc2Cl)c(O)c1. The number of benzene rings is 2. The van der Waals surface area contributed by atoms with E-state index in [1.165, 1.54) is 18.3 Å². The number of hydrogen-bond acceptors (Lipinski definition) is 4. The van der Waals surface area contributed by atoms with Crippen LogP contribution in [0.5, 0.6) is 11.5 Å². The highest BCUT2D eigenvalue weighted by atomic mass is 35.5. The number of nitrogens with one attached hydrogen (secondary N) is 1. The Bertz CT molecular complexity index is 585. The minimum absolute atomic E-state index is 0.00344.